The van der Waals surface area contributed by atoms with Crippen molar-refractivity contribution in [2.24, 2.45) is 0 Å². The molecule has 0 spiro atoms. The Balaban J connectivity index is 3.67. The van der Waals surface area contributed by atoms with E-state index in [0.29, 0.717) is 0 Å². The Morgan fingerprint density at radius 3 is 1.94 bits per heavy atom. The van der Waals surface area contributed by atoms with Crippen molar-refractivity contribution in [1.29, 1.82) is 10.5 Å². The summed E-state index contributed by atoms with van der Waals surface area (Å²) in [4.78, 5) is 10.3. The lowest BCUT2D eigenvalue weighted by Gasteiger charge is -2.06. The number of benzene rings is 1. The molecular formula is C10H3F3N2O2. The summed E-state index contributed by atoms with van der Waals surface area (Å²) in [5.41, 5.74) is -3.15. The molecule has 0 radical (unpaired) electrons. The summed E-state index contributed by atoms with van der Waals surface area (Å²) < 4.78 is 40.0. The second-order valence-electron chi connectivity index (χ2n) is 2.96. The Hall–Kier alpha value is -2.54. The molecule has 1 aromatic carbocycles. The molecule has 0 aromatic heterocycles. The summed E-state index contributed by atoms with van der Waals surface area (Å²) in [5, 5.41) is 25.4. The average Bonchev–Trinajstić information content (AvgIpc) is 2.28. The second-order valence-corrected chi connectivity index (χ2v) is 2.96. The van der Waals surface area contributed by atoms with Crippen LogP contribution < -0.4 is 0 Å². The van der Waals surface area contributed by atoms with Gasteiger partial charge in [0.2, 0.25) is 0 Å². The Bertz CT molecular complexity index is 585. The molecule has 0 aliphatic heterocycles. The number of hydrogen-bond donors (Lipinski definition) is 1. The molecule has 1 rings (SSSR count). The van der Waals surface area contributed by atoms with Crippen molar-refractivity contribution in [1.82, 2.24) is 0 Å². The number of aliphatic carboxylic acids is 1. The summed E-state index contributed by atoms with van der Waals surface area (Å²) >= 11 is 0. The van der Waals surface area contributed by atoms with E-state index < -0.39 is 46.5 Å². The third-order valence-electron chi connectivity index (χ3n) is 1.96. The van der Waals surface area contributed by atoms with Crippen molar-refractivity contribution in [3.05, 3.63) is 34.1 Å². The van der Waals surface area contributed by atoms with Crippen LogP contribution in [-0.4, -0.2) is 11.1 Å². The molecule has 1 N–H and O–H groups in total. The normalized spacial score (nSPS) is 9.47. The first-order valence-corrected chi connectivity index (χ1v) is 4.15. The molecule has 4 nitrogen and oxygen atoms in total. The maximum Gasteiger partial charge on any atom is 0.308 e. The first-order chi connectivity index (χ1) is 7.93. The number of carbonyl (C=O) groups is 1. The fourth-order valence-corrected chi connectivity index (χ4v) is 1.23. The summed E-state index contributed by atoms with van der Waals surface area (Å²) in [6, 6.07) is 2.35. The molecule has 0 amide bonds. The van der Waals surface area contributed by atoms with Crippen LogP contribution in [0.25, 0.3) is 0 Å². The van der Waals surface area contributed by atoms with Gasteiger partial charge in [-0.15, -0.1) is 0 Å². The molecule has 0 saturated heterocycles. The topological polar surface area (TPSA) is 84.9 Å². The summed E-state index contributed by atoms with van der Waals surface area (Å²) in [6.07, 6.45) is -1.12. The predicted octanol–water partition coefficient (Wildman–Crippen LogP) is 1.47. The van der Waals surface area contributed by atoms with Gasteiger partial charge in [0.05, 0.1) is 6.42 Å². The lowest BCUT2D eigenvalue weighted by Crippen LogP contribution is -2.11. The van der Waals surface area contributed by atoms with Gasteiger partial charge < -0.3 is 5.11 Å². The van der Waals surface area contributed by atoms with Gasteiger partial charge in [0.25, 0.3) is 0 Å². The molecule has 0 saturated carbocycles. The minimum Gasteiger partial charge on any atom is -0.481 e. The third kappa shape index (κ3) is 2.04. The van der Waals surface area contributed by atoms with Crippen LogP contribution in [-0.2, 0) is 11.2 Å². The van der Waals surface area contributed by atoms with Crippen molar-refractivity contribution in [2.75, 3.05) is 0 Å². The third-order valence-corrected chi connectivity index (χ3v) is 1.96. The van der Waals surface area contributed by atoms with E-state index in [0.717, 1.165) is 6.07 Å². The van der Waals surface area contributed by atoms with Gasteiger partial charge in [-0.3, -0.25) is 4.79 Å². The second kappa shape index (κ2) is 4.54. The fourth-order valence-electron chi connectivity index (χ4n) is 1.23. The Morgan fingerprint density at radius 2 is 1.53 bits per heavy atom. The number of carboxylic acid groups (broad SMARTS) is 1. The van der Waals surface area contributed by atoms with Crippen LogP contribution in [0.5, 0.6) is 0 Å². The highest BCUT2D eigenvalue weighted by Crippen LogP contribution is 2.24. The zero-order chi connectivity index (χ0) is 13.2. The highest BCUT2D eigenvalue weighted by Gasteiger charge is 2.26. The van der Waals surface area contributed by atoms with E-state index in [1.165, 1.54) is 6.07 Å². The number of hydrogen-bond acceptors (Lipinski definition) is 3. The number of nitriles is 2. The Kier molecular flexibility index (Phi) is 3.34. The summed E-state index contributed by atoms with van der Waals surface area (Å²) in [7, 11) is 0. The number of rotatable bonds is 2. The van der Waals surface area contributed by atoms with Gasteiger partial charge in [0, 0.05) is 5.56 Å². The van der Waals surface area contributed by atoms with Gasteiger partial charge in [-0.25, -0.2) is 13.2 Å². The largest absolute Gasteiger partial charge is 0.481 e. The molecule has 0 heterocycles. The van der Waals surface area contributed by atoms with Crippen LogP contribution in [0.4, 0.5) is 13.2 Å². The first kappa shape index (κ1) is 12.5. The van der Waals surface area contributed by atoms with Crippen molar-refractivity contribution in [3.8, 4) is 12.1 Å². The molecule has 0 atom stereocenters. The zero-order valence-electron chi connectivity index (χ0n) is 8.09. The van der Waals surface area contributed by atoms with E-state index in [9.17, 15) is 18.0 Å². The van der Waals surface area contributed by atoms with Crippen LogP contribution >= 0.6 is 0 Å². The molecule has 0 bridgehead atoms. The van der Waals surface area contributed by atoms with Gasteiger partial charge in [0.15, 0.2) is 11.6 Å². The highest BCUT2D eigenvalue weighted by molar-refractivity contribution is 5.71. The number of halogens is 3. The number of carboxylic acids is 1. The highest BCUT2D eigenvalue weighted by atomic mass is 19.2. The molecule has 7 heteroatoms. The van der Waals surface area contributed by atoms with E-state index in [-0.39, 0.29) is 0 Å². The minimum absolute atomic E-state index is 0.998. The average molecular weight is 240 g/mol. The molecular weight excluding hydrogens is 237 g/mol. The molecule has 0 unspecified atom stereocenters. The molecule has 0 aliphatic carbocycles. The lowest BCUT2D eigenvalue weighted by atomic mass is 10.0. The lowest BCUT2D eigenvalue weighted by molar-refractivity contribution is -0.136. The van der Waals surface area contributed by atoms with E-state index in [2.05, 4.69) is 0 Å². The SMILES string of the molecule is N#Cc1c(F)c(F)c(CC(=O)O)c(F)c1C#N. The smallest absolute Gasteiger partial charge is 0.308 e. The van der Waals surface area contributed by atoms with Crippen LogP contribution in [0.3, 0.4) is 0 Å². The maximum absolute atomic E-state index is 13.5. The molecule has 0 aliphatic rings. The quantitative estimate of drug-likeness (QED) is 0.793. The van der Waals surface area contributed by atoms with Crippen molar-refractivity contribution in [3.63, 3.8) is 0 Å². The Morgan fingerprint density at radius 1 is 1.06 bits per heavy atom. The van der Waals surface area contributed by atoms with E-state index >= 15 is 0 Å². The monoisotopic (exact) mass is 240 g/mol. The van der Waals surface area contributed by atoms with Gasteiger partial charge in [-0.05, 0) is 0 Å². The van der Waals surface area contributed by atoms with Crippen molar-refractivity contribution in [2.45, 2.75) is 6.42 Å². The fraction of sp³-hybridized carbons (Fsp3) is 0.100. The van der Waals surface area contributed by atoms with Crippen LogP contribution in [0.15, 0.2) is 0 Å². The van der Waals surface area contributed by atoms with Crippen LogP contribution in [0, 0.1) is 40.1 Å². The van der Waals surface area contributed by atoms with E-state index in [1.54, 1.807) is 0 Å². The van der Waals surface area contributed by atoms with Crippen molar-refractivity contribution >= 4 is 5.97 Å². The van der Waals surface area contributed by atoms with E-state index in [1.807, 2.05) is 0 Å². The van der Waals surface area contributed by atoms with Gasteiger partial charge in [-0.2, -0.15) is 10.5 Å². The molecule has 0 fully saturated rings. The van der Waals surface area contributed by atoms with Gasteiger partial charge >= 0.3 is 5.97 Å². The standard InChI is InChI=1S/C10H3F3N2O2/c11-8-4(1-7(16)17)9(12)10(13)6(3-15)5(8)2-14/h1H2,(H,16,17). The van der Waals surface area contributed by atoms with Gasteiger partial charge in [-0.1, -0.05) is 0 Å². The minimum atomic E-state index is -1.76. The molecule has 86 valence electrons. The first-order valence-electron chi connectivity index (χ1n) is 4.15. The van der Waals surface area contributed by atoms with Crippen LogP contribution in [0.1, 0.15) is 16.7 Å². The van der Waals surface area contributed by atoms with Crippen molar-refractivity contribution < 1.29 is 23.1 Å². The van der Waals surface area contributed by atoms with Gasteiger partial charge in [0.1, 0.15) is 29.1 Å². The maximum atomic E-state index is 13.5. The summed E-state index contributed by atoms with van der Waals surface area (Å²) in [5.74, 6) is -6.59. The molecule has 17 heavy (non-hydrogen) atoms. The molecule has 1 aromatic rings. The zero-order valence-corrected chi connectivity index (χ0v) is 8.09. The summed E-state index contributed by atoms with van der Waals surface area (Å²) in [6.45, 7) is 0. The van der Waals surface area contributed by atoms with E-state index in [4.69, 9.17) is 15.6 Å². The Labute approximate surface area is 93.1 Å². The number of nitrogens with zero attached hydrogens (tertiary/aromatic N) is 2. The predicted molar refractivity (Wildman–Crippen MR) is 47.1 cm³/mol. The van der Waals surface area contributed by atoms with Crippen LogP contribution in [0.2, 0.25) is 0 Å².